The zero-order valence-electron chi connectivity index (χ0n) is 11.0. The maximum atomic E-state index is 5.83. The van der Waals surface area contributed by atoms with Crippen LogP contribution in [-0.2, 0) is 6.54 Å². The van der Waals surface area contributed by atoms with Crippen LogP contribution >= 0.6 is 39.5 Å². The van der Waals surface area contributed by atoms with Crippen molar-refractivity contribution < 1.29 is 0 Å². The van der Waals surface area contributed by atoms with Crippen molar-refractivity contribution >= 4 is 61.2 Å². The molecule has 0 unspecified atom stereocenters. The van der Waals surface area contributed by atoms with E-state index >= 15 is 0 Å². The second-order valence-corrected chi connectivity index (χ2v) is 6.87. The number of hydrogen-bond acceptors (Lipinski definition) is 4. The van der Waals surface area contributed by atoms with Gasteiger partial charge in [-0.1, -0.05) is 30.4 Å². The molecule has 0 aliphatic rings. The lowest BCUT2D eigenvalue weighted by atomic mass is 10.1. The van der Waals surface area contributed by atoms with Gasteiger partial charge in [-0.2, -0.15) is 0 Å². The Morgan fingerprint density at radius 3 is 2.86 bits per heavy atom. The Balaban J connectivity index is 1.93. The first-order valence-corrected chi connectivity index (χ1v) is 8.38. The van der Waals surface area contributed by atoms with E-state index in [1.54, 1.807) is 11.3 Å². The number of nitrogens with one attached hydrogen (secondary N) is 1. The van der Waals surface area contributed by atoms with Gasteiger partial charge in [-0.05, 0) is 34.1 Å². The molecular weight excluding hydrogens is 366 g/mol. The third-order valence-corrected chi connectivity index (χ3v) is 4.96. The van der Waals surface area contributed by atoms with E-state index in [1.165, 1.54) is 4.88 Å². The molecule has 0 saturated carbocycles. The molecule has 3 rings (SSSR count). The normalized spacial score (nSPS) is 10.7. The molecule has 106 valence electrons. The summed E-state index contributed by atoms with van der Waals surface area (Å²) < 4.78 is 1.10. The Labute approximate surface area is 140 Å². The van der Waals surface area contributed by atoms with Crippen LogP contribution < -0.4 is 11.1 Å². The Bertz CT molecular complexity index is 814. The lowest BCUT2D eigenvalue weighted by Gasteiger charge is -2.09. The van der Waals surface area contributed by atoms with E-state index in [0.29, 0.717) is 4.99 Å². The smallest absolute Gasteiger partial charge is 0.127 e. The highest BCUT2D eigenvalue weighted by Gasteiger charge is 2.08. The predicted octanol–water partition coefficient (Wildman–Crippen LogP) is 4.31. The summed E-state index contributed by atoms with van der Waals surface area (Å²) in [6, 6.07) is 11.9. The van der Waals surface area contributed by atoms with Gasteiger partial charge in [0.25, 0.3) is 0 Å². The van der Waals surface area contributed by atoms with Crippen LogP contribution in [0.5, 0.6) is 0 Å². The number of benzene rings is 1. The number of pyridine rings is 1. The first-order chi connectivity index (χ1) is 10.1. The molecule has 0 radical (unpaired) electrons. The number of fused-ring (bicyclic) bond motifs is 1. The number of aromatic nitrogens is 1. The van der Waals surface area contributed by atoms with Gasteiger partial charge in [-0.25, -0.2) is 4.98 Å². The van der Waals surface area contributed by atoms with Gasteiger partial charge in [0.1, 0.15) is 10.8 Å². The van der Waals surface area contributed by atoms with Gasteiger partial charge in [0.15, 0.2) is 0 Å². The Hall–Kier alpha value is -1.50. The van der Waals surface area contributed by atoms with Gasteiger partial charge in [0.05, 0.1) is 12.1 Å². The van der Waals surface area contributed by atoms with Gasteiger partial charge >= 0.3 is 0 Å². The molecule has 3 N–H and O–H groups in total. The van der Waals surface area contributed by atoms with E-state index in [4.69, 9.17) is 18.0 Å². The summed E-state index contributed by atoms with van der Waals surface area (Å²) in [5.74, 6) is 0.779. The number of para-hydroxylation sites is 1. The van der Waals surface area contributed by atoms with Gasteiger partial charge in [0, 0.05) is 25.7 Å². The van der Waals surface area contributed by atoms with E-state index in [1.807, 2.05) is 30.3 Å². The van der Waals surface area contributed by atoms with E-state index in [2.05, 4.69) is 37.7 Å². The third-order valence-electron chi connectivity index (χ3n) is 3.05. The van der Waals surface area contributed by atoms with Crippen molar-refractivity contribution in [2.45, 2.75) is 6.54 Å². The second kappa shape index (κ2) is 6.09. The van der Waals surface area contributed by atoms with E-state index in [-0.39, 0.29) is 0 Å². The van der Waals surface area contributed by atoms with Crippen LogP contribution in [0.4, 0.5) is 5.82 Å². The molecule has 0 spiro atoms. The lowest BCUT2D eigenvalue weighted by Crippen LogP contribution is -2.11. The predicted molar refractivity (Wildman–Crippen MR) is 97.0 cm³/mol. The Morgan fingerprint density at radius 1 is 1.33 bits per heavy atom. The van der Waals surface area contributed by atoms with E-state index in [9.17, 15) is 0 Å². The first-order valence-electron chi connectivity index (χ1n) is 6.30. The largest absolute Gasteiger partial charge is 0.389 e. The maximum absolute atomic E-state index is 5.83. The van der Waals surface area contributed by atoms with Crippen LogP contribution in [0.3, 0.4) is 0 Å². The van der Waals surface area contributed by atoms with Crippen molar-refractivity contribution in [3.8, 4) is 0 Å². The summed E-state index contributed by atoms with van der Waals surface area (Å²) in [7, 11) is 0. The zero-order chi connectivity index (χ0) is 14.8. The summed E-state index contributed by atoms with van der Waals surface area (Å²) in [6.45, 7) is 0.721. The summed E-state index contributed by atoms with van der Waals surface area (Å²) in [6.07, 6.45) is 0. The number of anilines is 1. The molecule has 3 nitrogen and oxygen atoms in total. The number of thiocarbonyl (C=S) groups is 1. The van der Waals surface area contributed by atoms with Crippen molar-refractivity contribution in [3.05, 3.63) is 56.7 Å². The number of halogens is 1. The van der Waals surface area contributed by atoms with Gasteiger partial charge in [0.2, 0.25) is 0 Å². The molecule has 0 aliphatic carbocycles. The van der Waals surface area contributed by atoms with Crippen LogP contribution in [0.25, 0.3) is 10.9 Å². The minimum Gasteiger partial charge on any atom is -0.389 e. The van der Waals surface area contributed by atoms with E-state index in [0.717, 1.165) is 33.3 Å². The van der Waals surface area contributed by atoms with Crippen LogP contribution in [0.2, 0.25) is 0 Å². The second-order valence-electron chi connectivity index (χ2n) is 4.52. The van der Waals surface area contributed by atoms with Crippen LogP contribution in [0.15, 0.2) is 46.3 Å². The van der Waals surface area contributed by atoms with Gasteiger partial charge < -0.3 is 11.1 Å². The summed E-state index contributed by atoms with van der Waals surface area (Å²) in [5.41, 5.74) is 7.57. The Morgan fingerprint density at radius 2 is 2.14 bits per heavy atom. The molecular formula is C15H12BrN3S2. The highest BCUT2D eigenvalue weighted by molar-refractivity contribution is 9.10. The Kier molecular flexibility index (Phi) is 4.19. The first kappa shape index (κ1) is 14.4. The van der Waals surface area contributed by atoms with Crippen LogP contribution in [-0.4, -0.2) is 9.97 Å². The number of nitrogens with two attached hydrogens (primary N) is 1. The van der Waals surface area contributed by atoms with Crippen LogP contribution in [0.1, 0.15) is 10.4 Å². The van der Waals surface area contributed by atoms with Gasteiger partial charge in [-0.15, -0.1) is 11.3 Å². The van der Waals surface area contributed by atoms with Gasteiger partial charge in [-0.3, -0.25) is 0 Å². The fourth-order valence-corrected chi connectivity index (χ4v) is 3.65. The standard InChI is InChI=1S/C15H12BrN3S2/c16-9-5-10(21-8-9)7-18-14-6-12(15(17)20)11-3-1-2-4-13(11)19-14/h1-6,8H,7H2,(H2,17,20)(H,18,19). The molecule has 0 bridgehead atoms. The highest BCUT2D eigenvalue weighted by Crippen LogP contribution is 2.23. The summed E-state index contributed by atoms with van der Waals surface area (Å²) >= 11 is 10.3. The lowest BCUT2D eigenvalue weighted by molar-refractivity contribution is 1.15. The SMILES string of the molecule is NC(=S)c1cc(NCc2cc(Br)cs2)nc2ccccc12. The number of hydrogen-bond donors (Lipinski definition) is 2. The molecule has 0 saturated heterocycles. The third kappa shape index (κ3) is 3.23. The molecule has 3 aromatic rings. The van der Waals surface area contributed by atoms with E-state index < -0.39 is 0 Å². The average molecular weight is 378 g/mol. The fourth-order valence-electron chi connectivity index (χ4n) is 2.09. The molecule has 0 fully saturated rings. The topological polar surface area (TPSA) is 50.9 Å². The summed E-state index contributed by atoms with van der Waals surface area (Å²) in [5, 5.41) is 6.37. The molecule has 2 heterocycles. The minimum atomic E-state index is 0.385. The monoisotopic (exact) mass is 377 g/mol. The van der Waals surface area contributed by atoms with Crippen molar-refractivity contribution in [2.24, 2.45) is 5.73 Å². The average Bonchev–Trinajstić information content (AvgIpc) is 2.89. The zero-order valence-corrected chi connectivity index (χ0v) is 14.2. The van der Waals surface area contributed by atoms with Crippen molar-refractivity contribution in [1.29, 1.82) is 0 Å². The minimum absolute atomic E-state index is 0.385. The molecule has 0 amide bonds. The van der Waals surface area contributed by atoms with Crippen molar-refractivity contribution in [1.82, 2.24) is 4.98 Å². The molecule has 6 heteroatoms. The number of rotatable bonds is 4. The molecule has 0 atom stereocenters. The molecule has 0 aliphatic heterocycles. The molecule has 2 aromatic heterocycles. The molecule has 21 heavy (non-hydrogen) atoms. The number of nitrogens with zero attached hydrogens (tertiary/aromatic N) is 1. The number of thiophene rings is 1. The summed E-state index contributed by atoms with van der Waals surface area (Å²) in [4.78, 5) is 6.22. The van der Waals surface area contributed by atoms with Crippen molar-refractivity contribution in [2.75, 3.05) is 5.32 Å². The van der Waals surface area contributed by atoms with Crippen LogP contribution in [0, 0.1) is 0 Å². The fraction of sp³-hybridized carbons (Fsp3) is 0.0667. The quantitative estimate of drug-likeness (QED) is 0.665. The highest BCUT2D eigenvalue weighted by atomic mass is 79.9. The van der Waals surface area contributed by atoms with Crippen molar-refractivity contribution in [3.63, 3.8) is 0 Å². The molecule has 1 aromatic carbocycles. The maximum Gasteiger partial charge on any atom is 0.127 e.